The van der Waals surface area contributed by atoms with Crippen LogP contribution in [0.25, 0.3) is 0 Å². The van der Waals surface area contributed by atoms with Crippen molar-refractivity contribution in [2.24, 2.45) is 11.8 Å². The lowest BCUT2D eigenvalue weighted by Gasteiger charge is -2.19. The van der Waals surface area contributed by atoms with Gasteiger partial charge < -0.3 is 10.2 Å². The van der Waals surface area contributed by atoms with Crippen LogP contribution in [0.5, 0.6) is 0 Å². The lowest BCUT2D eigenvalue weighted by atomic mass is 10.0. The van der Waals surface area contributed by atoms with E-state index in [0.717, 1.165) is 32.2 Å². The Hall–Kier alpha value is -1.69. The Morgan fingerprint density at radius 2 is 2.00 bits per heavy atom. The minimum absolute atomic E-state index is 0.398. The predicted molar refractivity (Wildman–Crippen MR) is 65.1 cm³/mol. The zero-order valence-electron chi connectivity index (χ0n) is 9.80. The second-order valence-corrected chi connectivity index (χ2v) is 4.95. The quantitative estimate of drug-likeness (QED) is 0.637. The largest absolute Gasteiger partial charge is 0.365 e. The van der Waals surface area contributed by atoms with Crippen molar-refractivity contribution in [2.75, 3.05) is 31.1 Å². The fourth-order valence-corrected chi connectivity index (χ4v) is 2.99. The number of anilines is 1. The average Bonchev–Trinajstić information content (AvgIpc) is 2.87. The first-order chi connectivity index (χ1) is 8.66. The Bertz CT molecular complexity index is 482. The standard InChI is InChI=1S/C12H14FN3O2/c13-10-2-1-3-11(12(10)16(17)18)15-6-8-4-14-5-9(8)7-15/h1-3,8-9,14H,4-7H2. The molecule has 5 nitrogen and oxygen atoms in total. The molecule has 6 heteroatoms. The van der Waals surface area contributed by atoms with Crippen LogP contribution >= 0.6 is 0 Å². The molecular formula is C12H14FN3O2. The van der Waals surface area contributed by atoms with Gasteiger partial charge in [-0.3, -0.25) is 10.1 Å². The van der Waals surface area contributed by atoms with Crippen LogP contribution in [0.15, 0.2) is 18.2 Å². The summed E-state index contributed by atoms with van der Waals surface area (Å²) in [5.74, 6) is 0.286. The van der Waals surface area contributed by atoms with Gasteiger partial charge in [-0.15, -0.1) is 0 Å². The van der Waals surface area contributed by atoms with E-state index in [9.17, 15) is 14.5 Å². The van der Waals surface area contributed by atoms with Crippen LogP contribution in [0.3, 0.4) is 0 Å². The van der Waals surface area contributed by atoms with E-state index in [1.54, 1.807) is 6.07 Å². The van der Waals surface area contributed by atoms with Crippen molar-refractivity contribution in [3.63, 3.8) is 0 Å². The number of hydrogen-bond donors (Lipinski definition) is 1. The van der Waals surface area contributed by atoms with Crippen LogP contribution in [0.2, 0.25) is 0 Å². The van der Waals surface area contributed by atoms with Crippen LogP contribution in [-0.2, 0) is 0 Å². The van der Waals surface area contributed by atoms with Gasteiger partial charge in [0.2, 0.25) is 5.82 Å². The average molecular weight is 251 g/mol. The van der Waals surface area contributed by atoms with Gasteiger partial charge >= 0.3 is 5.69 Å². The molecule has 1 aromatic rings. The Balaban J connectivity index is 1.93. The first kappa shape index (κ1) is 11.4. The fraction of sp³-hybridized carbons (Fsp3) is 0.500. The highest BCUT2D eigenvalue weighted by atomic mass is 19.1. The van der Waals surface area contributed by atoms with Crippen molar-refractivity contribution in [1.29, 1.82) is 0 Å². The highest BCUT2D eigenvalue weighted by Gasteiger charge is 2.38. The van der Waals surface area contributed by atoms with E-state index in [-0.39, 0.29) is 0 Å². The van der Waals surface area contributed by atoms with E-state index >= 15 is 0 Å². The summed E-state index contributed by atoms with van der Waals surface area (Å²) in [6.45, 7) is 3.43. The molecule has 0 spiro atoms. The van der Waals surface area contributed by atoms with E-state index in [2.05, 4.69) is 5.32 Å². The zero-order chi connectivity index (χ0) is 12.7. The Morgan fingerprint density at radius 1 is 1.33 bits per heavy atom. The van der Waals surface area contributed by atoms with Crippen molar-refractivity contribution in [1.82, 2.24) is 5.32 Å². The molecule has 0 saturated carbocycles. The number of para-hydroxylation sites is 1. The highest BCUT2D eigenvalue weighted by molar-refractivity contribution is 5.64. The molecule has 0 aliphatic carbocycles. The van der Waals surface area contributed by atoms with E-state index in [0.29, 0.717) is 17.5 Å². The first-order valence-corrected chi connectivity index (χ1v) is 6.05. The lowest BCUT2D eigenvalue weighted by Crippen LogP contribution is -2.26. The van der Waals surface area contributed by atoms with Crippen LogP contribution in [-0.4, -0.2) is 31.1 Å². The van der Waals surface area contributed by atoms with Gasteiger partial charge in [0.1, 0.15) is 5.69 Å². The molecule has 0 amide bonds. The van der Waals surface area contributed by atoms with Crippen molar-refractivity contribution in [3.05, 3.63) is 34.1 Å². The van der Waals surface area contributed by atoms with E-state index in [1.807, 2.05) is 4.90 Å². The Labute approximate surface area is 104 Å². The van der Waals surface area contributed by atoms with Gasteiger partial charge in [-0.1, -0.05) is 6.07 Å². The molecule has 96 valence electrons. The SMILES string of the molecule is O=[N+]([O-])c1c(F)cccc1N1CC2CNCC2C1. The van der Waals surface area contributed by atoms with Gasteiger partial charge in [-0.05, 0) is 24.0 Å². The van der Waals surface area contributed by atoms with Crippen LogP contribution in [0, 0.1) is 27.8 Å². The topological polar surface area (TPSA) is 58.4 Å². The van der Waals surface area contributed by atoms with Gasteiger partial charge in [0.15, 0.2) is 0 Å². The number of fused-ring (bicyclic) bond motifs is 1. The van der Waals surface area contributed by atoms with Crippen LogP contribution in [0.1, 0.15) is 0 Å². The maximum Gasteiger partial charge on any atom is 0.327 e. The first-order valence-electron chi connectivity index (χ1n) is 6.05. The minimum Gasteiger partial charge on any atom is -0.365 e. The highest BCUT2D eigenvalue weighted by Crippen LogP contribution is 2.36. The second kappa shape index (κ2) is 4.20. The molecule has 2 aliphatic heterocycles. The number of hydrogen-bond acceptors (Lipinski definition) is 4. The molecule has 2 heterocycles. The molecule has 2 unspecified atom stereocenters. The van der Waals surface area contributed by atoms with E-state index in [4.69, 9.17) is 0 Å². The maximum atomic E-state index is 13.6. The molecule has 1 aromatic carbocycles. The van der Waals surface area contributed by atoms with Gasteiger partial charge in [-0.25, -0.2) is 0 Å². The van der Waals surface area contributed by atoms with E-state index in [1.165, 1.54) is 6.07 Å². The monoisotopic (exact) mass is 251 g/mol. The third kappa shape index (κ3) is 1.73. The number of halogens is 1. The van der Waals surface area contributed by atoms with E-state index < -0.39 is 16.4 Å². The lowest BCUT2D eigenvalue weighted by molar-refractivity contribution is -0.386. The minimum atomic E-state index is -0.757. The summed E-state index contributed by atoms with van der Waals surface area (Å²) in [6, 6.07) is 4.31. The summed E-state index contributed by atoms with van der Waals surface area (Å²) < 4.78 is 13.6. The molecule has 0 radical (unpaired) electrons. The molecule has 3 rings (SSSR count). The fourth-order valence-electron chi connectivity index (χ4n) is 2.99. The number of nitro benzene ring substituents is 1. The molecule has 2 aliphatic rings. The summed E-state index contributed by atoms with van der Waals surface area (Å²) in [5, 5.41) is 14.3. The molecule has 2 atom stereocenters. The smallest absolute Gasteiger partial charge is 0.327 e. The van der Waals surface area contributed by atoms with Crippen molar-refractivity contribution >= 4 is 11.4 Å². The molecule has 0 aromatic heterocycles. The second-order valence-electron chi connectivity index (χ2n) is 4.95. The van der Waals surface area contributed by atoms with Gasteiger partial charge in [0.05, 0.1) is 4.92 Å². The molecule has 2 fully saturated rings. The molecule has 1 N–H and O–H groups in total. The van der Waals surface area contributed by atoms with Gasteiger partial charge in [0.25, 0.3) is 0 Å². The van der Waals surface area contributed by atoms with Crippen molar-refractivity contribution < 1.29 is 9.31 Å². The zero-order valence-corrected chi connectivity index (χ0v) is 9.80. The molecule has 2 saturated heterocycles. The number of nitrogens with one attached hydrogen (secondary N) is 1. The molecular weight excluding hydrogens is 237 g/mol. The number of nitrogens with zero attached hydrogens (tertiary/aromatic N) is 2. The van der Waals surface area contributed by atoms with Gasteiger partial charge in [0, 0.05) is 26.2 Å². The Morgan fingerprint density at radius 3 is 2.61 bits per heavy atom. The van der Waals surface area contributed by atoms with Crippen molar-refractivity contribution in [2.45, 2.75) is 0 Å². The summed E-state index contributed by atoms with van der Waals surface area (Å²) in [5.41, 5.74) is 0.0137. The third-order valence-corrected chi connectivity index (χ3v) is 3.88. The van der Waals surface area contributed by atoms with Gasteiger partial charge in [-0.2, -0.15) is 4.39 Å². The van der Waals surface area contributed by atoms with Crippen molar-refractivity contribution in [3.8, 4) is 0 Å². The van der Waals surface area contributed by atoms with Crippen LogP contribution < -0.4 is 10.2 Å². The molecule has 0 bridgehead atoms. The van der Waals surface area contributed by atoms with Crippen LogP contribution in [0.4, 0.5) is 15.8 Å². The number of benzene rings is 1. The molecule has 18 heavy (non-hydrogen) atoms. The summed E-state index contributed by atoms with van der Waals surface area (Å²) in [6.07, 6.45) is 0. The summed E-state index contributed by atoms with van der Waals surface area (Å²) >= 11 is 0. The Kier molecular flexibility index (Phi) is 2.66. The predicted octanol–water partition coefficient (Wildman–Crippen LogP) is 1.39. The number of rotatable bonds is 2. The summed E-state index contributed by atoms with van der Waals surface area (Å²) in [7, 11) is 0. The summed E-state index contributed by atoms with van der Waals surface area (Å²) in [4.78, 5) is 12.3. The third-order valence-electron chi connectivity index (χ3n) is 3.88. The maximum absolute atomic E-state index is 13.6. The number of nitro groups is 1. The normalized spacial score (nSPS) is 26.4.